The summed E-state index contributed by atoms with van der Waals surface area (Å²) in [4.78, 5) is 25.6. The average molecular weight is 505 g/mol. The van der Waals surface area contributed by atoms with Crippen LogP contribution in [0.25, 0.3) is 21.9 Å². The lowest BCUT2D eigenvalue weighted by molar-refractivity contribution is -0.124. The Labute approximate surface area is 218 Å². The van der Waals surface area contributed by atoms with E-state index in [2.05, 4.69) is 30.3 Å². The average Bonchev–Trinajstić information content (AvgIpc) is 3.35. The van der Waals surface area contributed by atoms with E-state index in [4.69, 9.17) is 18.9 Å². The lowest BCUT2D eigenvalue weighted by atomic mass is 9.91. The first-order chi connectivity index (χ1) is 17.9. The predicted octanol–water partition coefficient (Wildman–Crippen LogP) is 5.91. The summed E-state index contributed by atoms with van der Waals surface area (Å²) in [7, 11) is 6.46. The van der Waals surface area contributed by atoms with Crippen LogP contribution in [-0.4, -0.2) is 46.6 Å². The van der Waals surface area contributed by atoms with Crippen molar-refractivity contribution >= 4 is 22.3 Å². The van der Waals surface area contributed by atoms with Crippen LogP contribution in [0, 0.1) is 17.8 Å². The largest absolute Gasteiger partial charge is 0.493 e. The van der Waals surface area contributed by atoms with E-state index in [0.717, 1.165) is 33.9 Å². The summed E-state index contributed by atoms with van der Waals surface area (Å²) in [5, 5.41) is 2.15. The van der Waals surface area contributed by atoms with E-state index >= 15 is 0 Å². The van der Waals surface area contributed by atoms with Gasteiger partial charge in [-0.25, -0.2) is 0 Å². The number of hydrogen-bond acceptors (Lipinski definition) is 6. The molecule has 0 saturated heterocycles. The number of ether oxygens (including phenoxy) is 4. The van der Waals surface area contributed by atoms with Gasteiger partial charge in [-0.3, -0.25) is 9.59 Å². The molecular weight excluding hydrogens is 468 g/mol. The van der Waals surface area contributed by atoms with Crippen LogP contribution in [-0.2, 0) is 20.7 Å². The van der Waals surface area contributed by atoms with Crippen molar-refractivity contribution in [3.63, 3.8) is 0 Å². The number of fused-ring (bicyclic) bond motifs is 1. The van der Waals surface area contributed by atoms with Crippen molar-refractivity contribution in [2.45, 2.75) is 32.6 Å². The maximum absolute atomic E-state index is 13.2. The topological polar surface area (TPSA) is 71.1 Å². The number of benzene rings is 3. The molecule has 6 heteroatoms. The summed E-state index contributed by atoms with van der Waals surface area (Å²) >= 11 is 0. The predicted molar refractivity (Wildman–Crippen MR) is 145 cm³/mol. The van der Waals surface area contributed by atoms with Crippen LogP contribution in [0.3, 0.4) is 0 Å². The third-order valence-electron chi connectivity index (χ3n) is 7.57. The molecule has 3 aromatic carbocycles. The van der Waals surface area contributed by atoms with Crippen molar-refractivity contribution in [2.24, 2.45) is 17.8 Å². The van der Waals surface area contributed by atoms with Crippen molar-refractivity contribution in [3.8, 4) is 28.4 Å². The summed E-state index contributed by atoms with van der Waals surface area (Å²) in [6.45, 7) is 2.42. The highest BCUT2D eigenvalue weighted by Crippen LogP contribution is 2.42. The standard InChI is InChI=1S/C31H36O6/c1-6-27(32)26-15-24(14-25(26)18-34-2)28(33)12-19-7-8-21-13-22(10-9-20(21)11-19)23-16-29(35-3)31(37-5)30(17-23)36-4/h7-11,13,16-17,24-26H,6,12,14-15,18H2,1-5H3. The number of methoxy groups -OCH3 is 4. The van der Waals surface area contributed by atoms with Crippen LogP contribution in [0.15, 0.2) is 48.5 Å². The van der Waals surface area contributed by atoms with Gasteiger partial charge in [0, 0.05) is 38.4 Å². The van der Waals surface area contributed by atoms with Crippen LogP contribution in [0.1, 0.15) is 31.7 Å². The van der Waals surface area contributed by atoms with Gasteiger partial charge in [0.05, 0.1) is 21.3 Å². The summed E-state index contributed by atoms with van der Waals surface area (Å²) in [5.74, 6) is 2.21. The molecule has 0 spiro atoms. The van der Waals surface area contributed by atoms with Crippen molar-refractivity contribution in [1.29, 1.82) is 0 Å². The first-order valence-electron chi connectivity index (χ1n) is 12.8. The fraction of sp³-hybridized carbons (Fsp3) is 0.419. The Hall–Kier alpha value is -3.38. The van der Waals surface area contributed by atoms with Crippen LogP contribution < -0.4 is 14.2 Å². The van der Waals surface area contributed by atoms with Gasteiger partial charge in [0.2, 0.25) is 5.75 Å². The third-order valence-corrected chi connectivity index (χ3v) is 7.57. The number of carbonyl (C=O) groups excluding carboxylic acids is 2. The second kappa shape index (κ2) is 11.8. The second-order valence-electron chi connectivity index (χ2n) is 9.76. The lowest BCUT2D eigenvalue weighted by Crippen LogP contribution is -2.21. The zero-order chi connectivity index (χ0) is 26.5. The van der Waals surface area contributed by atoms with Gasteiger partial charge in [0.15, 0.2) is 11.5 Å². The van der Waals surface area contributed by atoms with Crippen LogP contribution in [0.4, 0.5) is 0 Å². The Morgan fingerprint density at radius 1 is 0.784 bits per heavy atom. The minimum atomic E-state index is -0.0845. The molecule has 37 heavy (non-hydrogen) atoms. The summed E-state index contributed by atoms with van der Waals surface area (Å²) in [5.41, 5.74) is 2.97. The minimum absolute atomic E-state index is 0.0656. The first kappa shape index (κ1) is 26.7. The number of ketones is 2. The van der Waals surface area contributed by atoms with Gasteiger partial charge in [-0.2, -0.15) is 0 Å². The van der Waals surface area contributed by atoms with Gasteiger partial charge in [-0.05, 0) is 64.4 Å². The molecule has 0 radical (unpaired) electrons. The molecule has 6 nitrogen and oxygen atoms in total. The molecule has 0 amide bonds. The molecule has 3 atom stereocenters. The summed E-state index contributed by atoms with van der Waals surface area (Å²) in [6.07, 6.45) is 2.26. The molecule has 0 aliphatic heterocycles. The summed E-state index contributed by atoms with van der Waals surface area (Å²) in [6, 6.07) is 16.3. The lowest BCUT2D eigenvalue weighted by Gasteiger charge is -2.16. The molecule has 196 valence electrons. The Balaban J connectivity index is 1.53. The van der Waals surface area contributed by atoms with Gasteiger partial charge in [-0.1, -0.05) is 37.3 Å². The zero-order valence-corrected chi connectivity index (χ0v) is 22.3. The van der Waals surface area contributed by atoms with Gasteiger partial charge >= 0.3 is 0 Å². The Morgan fingerprint density at radius 3 is 2.08 bits per heavy atom. The SMILES string of the molecule is CCC(=O)C1CC(C(=O)Cc2ccc3cc(-c4cc(OC)c(OC)c(OC)c4)ccc3c2)CC1COC. The molecule has 1 aliphatic rings. The maximum Gasteiger partial charge on any atom is 0.203 e. The van der Waals surface area contributed by atoms with Gasteiger partial charge in [-0.15, -0.1) is 0 Å². The molecule has 1 fully saturated rings. The fourth-order valence-electron chi connectivity index (χ4n) is 5.62. The van der Waals surface area contributed by atoms with E-state index in [9.17, 15) is 9.59 Å². The number of rotatable bonds is 11. The fourth-order valence-corrected chi connectivity index (χ4v) is 5.62. The van der Waals surface area contributed by atoms with E-state index in [0.29, 0.717) is 43.1 Å². The highest BCUT2D eigenvalue weighted by atomic mass is 16.5. The molecule has 4 rings (SSSR count). The smallest absolute Gasteiger partial charge is 0.203 e. The van der Waals surface area contributed by atoms with E-state index in [1.165, 1.54) is 0 Å². The molecule has 3 unspecified atom stereocenters. The monoisotopic (exact) mass is 504 g/mol. The van der Waals surface area contributed by atoms with Gasteiger partial charge in [0.25, 0.3) is 0 Å². The van der Waals surface area contributed by atoms with E-state index in [-0.39, 0.29) is 29.3 Å². The maximum atomic E-state index is 13.2. The Kier molecular flexibility index (Phi) is 8.49. The van der Waals surface area contributed by atoms with Crippen molar-refractivity contribution in [1.82, 2.24) is 0 Å². The Morgan fingerprint density at radius 2 is 1.46 bits per heavy atom. The zero-order valence-electron chi connectivity index (χ0n) is 22.3. The third kappa shape index (κ3) is 5.64. The van der Waals surface area contributed by atoms with E-state index in [1.807, 2.05) is 25.1 Å². The van der Waals surface area contributed by atoms with E-state index in [1.54, 1.807) is 28.4 Å². The minimum Gasteiger partial charge on any atom is -0.493 e. The molecule has 3 aromatic rings. The second-order valence-corrected chi connectivity index (χ2v) is 9.76. The number of Topliss-reactive ketones (excluding diaryl/α,β-unsaturated/α-hetero) is 2. The summed E-state index contributed by atoms with van der Waals surface area (Å²) < 4.78 is 21.8. The van der Waals surface area contributed by atoms with Crippen LogP contribution >= 0.6 is 0 Å². The Bertz CT molecular complexity index is 1250. The van der Waals surface area contributed by atoms with Crippen LogP contribution in [0.5, 0.6) is 17.2 Å². The number of carbonyl (C=O) groups is 2. The normalized spacial score (nSPS) is 19.1. The number of hydrogen-bond donors (Lipinski definition) is 0. The van der Waals surface area contributed by atoms with Crippen molar-refractivity contribution < 1.29 is 28.5 Å². The molecule has 1 aliphatic carbocycles. The molecular formula is C31H36O6. The quantitative estimate of drug-likeness (QED) is 0.323. The van der Waals surface area contributed by atoms with Crippen LogP contribution in [0.2, 0.25) is 0 Å². The van der Waals surface area contributed by atoms with Crippen molar-refractivity contribution in [3.05, 3.63) is 54.1 Å². The molecule has 1 saturated carbocycles. The van der Waals surface area contributed by atoms with Gasteiger partial charge in [0.1, 0.15) is 11.6 Å². The highest BCUT2D eigenvalue weighted by molar-refractivity contribution is 5.91. The molecule has 0 bridgehead atoms. The van der Waals surface area contributed by atoms with E-state index < -0.39 is 0 Å². The van der Waals surface area contributed by atoms with Crippen molar-refractivity contribution in [2.75, 3.05) is 35.0 Å². The highest BCUT2D eigenvalue weighted by Gasteiger charge is 2.40. The first-order valence-corrected chi connectivity index (χ1v) is 12.8. The molecule has 0 aromatic heterocycles. The molecule has 0 N–H and O–H groups in total. The van der Waals surface area contributed by atoms with Gasteiger partial charge < -0.3 is 18.9 Å². The molecule has 0 heterocycles.